The molecule has 0 spiro atoms. The van der Waals surface area contributed by atoms with E-state index < -0.39 is 11.9 Å². The van der Waals surface area contributed by atoms with Crippen LogP contribution < -0.4 is 4.74 Å². The molecule has 0 fully saturated rings. The van der Waals surface area contributed by atoms with Gasteiger partial charge in [-0.15, -0.1) is 11.3 Å². The van der Waals surface area contributed by atoms with E-state index in [1.54, 1.807) is 11.4 Å². The summed E-state index contributed by atoms with van der Waals surface area (Å²) in [5.41, 5.74) is 1.36. The van der Waals surface area contributed by atoms with Crippen LogP contribution in [-0.4, -0.2) is 29.3 Å². The summed E-state index contributed by atoms with van der Waals surface area (Å²) >= 11 is 1.09. The number of hydrogen-bond acceptors (Lipinski definition) is 4. The monoisotopic (exact) mass is 278 g/mol. The predicted molar refractivity (Wildman–Crippen MR) is 70.2 cm³/mol. The van der Waals surface area contributed by atoms with Gasteiger partial charge in [0.25, 0.3) is 0 Å². The van der Waals surface area contributed by atoms with Gasteiger partial charge >= 0.3 is 11.9 Å². The molecular weight excluding hydrogens is 268 g/mol. The molecule has 19 heavy (non-hydrogen) atoms. The molecule has 0 saturated carbocycles. The Morgan fingerprint density at radius 1 is 1.05 bits per heavy atom. The molecule has 2 N–H and O–H groups in total. The van der Waals surface area contributed by atoms with Gasteiger partial charge in [0.1, 0.15) is 10.6 Å². The Labute approximate surface area is 112 Å². The lowest BCUT2D eigenvalue weighted by Crippen LogP contribution is -1.97. The Bertz CT molecular complexity index is 644. The molecule has 1 heterocycles. The zero-order chi connectivity index (χ0) is 14.0. The van der Waals surface area contributed by atoms with Crippen molar-refractivity contribution >= 4 is 23.3 Å². The second-order valence-electron chi connectivity index (χ2n) is 3.76. The number of carboxylic acids is 2. The Morgan fingerprint density at radius 2 is 1.79 bits per heavy atom. The van der Waals surface area contributed by atoms with Crippen LogP contribution in [-0.2, 0) is 0 Å². The van der Waals surface area contributed by atoms with Crippen LogP contribution >= 0.6 is 11.3 Å². The summed E-state index contributed by atoms with van der Waals surface area (Å²) < 4.78 is 5.05. The van der Waals surface area contributed by atoms with Crippen LogP contribution in [0, 0.1) is 0 Å². The fraction of sp³-hybridized carbons (Fsp3) is 0.0769. The van der Waals surface area contributed by atoms with Gasteiger partial charge in [-0.2, -0.15) is 0 Å². The number of thiophene rings is 1. The molecule has 0 radical (unpaired) electrons. The van der Waals surface area contributed by atoms with E-state index in [0.29, 0.717) is 16.9 Å². The molecule has 6 heteroatoms. The Morgan fingerprint density at radius 3 is 2.32 bits per heavy atom. The number of carbonyl (C=O) groups is 2. The normalized spacial score (nSPS) is 10.2. The van der Waals surface area contributed by atoms with E-state index in [1.807, 2.05) is 0 Å². The summed E-state index contributed by atoms with van der Waals surface area (Å²) in [5, 5.41) is 19.6. The molecule has 0 bridgehead atoms. The molecule has 0 aliphatic heterocycles. The molecule has 98 valence electrons. The molecule has 1 aromatic heterocycles. The summed E-state index contributed by atoms with van der Waals surface area (Å²) in [4.78, 5) is 22.1. The number of methoxy groups -OCH3 is 1. The zero-order valence-corrected chi connectivity index (χ0v) is 10.7. The summed E-state index contributed by atoms with van der Waals surface area (Å²) in [6.45, 7) is 0. The first kappa shape index (κ1) is 13.1. The number of aromatic carboxylic acids is 2. The molecule has 0 amide bonds. The SMILES string of the molecule is COc1cc(C(=O)O)cc(-c2csc(C(=O)O)c2)c1. The molecule has 1 aromatic carbocycles. The number of ether oxygens (including phenoxy) is 1. The third kappa shape index (κ3) is 2.74. The van der Waals surface area contributed by atoms with E-state index in [2.05, 4.69) is 0 Å². The van der Waals surface area contributed by atoms with Crippen LogP contribution in [0.15, 0.2) is 29.6 Å². The van der Waals surface area contributed by atoms with Gasteiger partial charge in [0.15, 0.2) is 0 Å². The third-order valence-electron chi connectivity index (χ3n) is 2.53. The van der Waals surface area contributed by atoms with E-state index in [0.717, 1.165) is 11.3 Å². The van der Waals surface area contributed by atoms with E-state index in [-0.39, 0.29) is 10.4 Å². The molecule has 5 nitrogen and oxygen atoms in total. The van der Waals surface area contributed by atoms with Crippen molar-refractivity contribution in [3.05, 3.63) is 40.1 Å². The summed E-state index contributed by atoms with van der Waals surface area (Å²) in [7, 11) is 1.45. The number of hydrogen-bond donors (Lipinski definition) is 2. The van der Waals surface area contributed by atoms with Crippen molar-refractivity contribution in [2.75, 3.05) is 7.11 Å². The largest absolute Gasteiger partial charge is 0.497 e. The summed E-state index contributed by atoms with van der Waals surface area (Å²) in [5.74, 6) is -1.65. The predicted octanol–water partition coefficient (Wildman–Crippen LogP) is 2.82. The van der Waals surface area contributed by atoms with E-state index in [4.69, 9.17) is 14.9 Å². The highest BCUT2D eigenvalue weighted by Gasteiger charge is 2.12. The average Bonchev–Trinajstić information content (AvgIpc) is 2.87. The second kappa shape index (κ2) is 5.11. The molecule has 2 rings (SSSR count). The van der Waals surface area contributed by atoms with Crippen LogP contribution in [0.5, 0.6) is 5.75 Å². The molecule has 0 atom stereocenters. The Hall–Kier alpha value is -2.34. The quantitative estimate of drug-likeness (QED) is 0.898. The minimum absolute atomic E-state index is 0.0948. The minimum Gasteiger partial charge on any atom is -0.497 e. The smallest absolute Gasteiger partial charge is 0.345 e. The first-order chi connectivity index (χ1) is 9.01. The molecule has 0 unspecified atom stereocenters. The highest BCUT2D eigenvalue weighted by Crippen LogP contribution is 2.29. The average molecular weight is 278 g/mol. The van der Waals surface area contributed by atoms with Gasteiger partial charge in [-0.25, -0.2) is 9.59 Å². The van der Waals surface area contributed by atoms with Crippen molar-refractivity contribution in [3.8, 4) is 16.9 Å². The van der Waals surface area contributed by atoms with Gasteiger partial charge in [-0.05, 0) is 40.8 Å². The van der Waals surface area contributed by atoms with E-state index >= 15 is 0 Å². The van der Waals surface area contributed by atoms with Gasteiger partial charge in [0.05, 0.1) is 12.7 Å². The van der Waals surface area contributed by atoms with Gasteiger partial charge in [0, 0.05) is 0 Å². The van der Waals surface area contributed by atoms with Crippen LogP contribution in [0.4, 0.5) is 0 Å². The Kier molecular flexibility index (Phi) is 3.52. The lowest BCUT2D eigenvalue weighted by molar-refractivity contribution is 0.0688. The highest BCUT2D eigenvalue weighted by atomic mass is 32.1. The molecule has 0 saturated heterocycles. The van der Waals surface area contributed by atoms with Crippen LogP contribution in [0.2, 0.25) is 0 Å². The molecular formula is C13H10O5S. The maximum Gasteiger partial charge on any atom is 0.345 e. The minimum atomic E-state index is -1.06. The second-order valence-corrected chi connectivity index (χ2v) is 4.67. The van der Waals surface area contributed by atoms with Crippen LogP contribution in [0.1, 0.15) is 20.0 Å². The van der Waals surface area contributed by atoms with Crippen molar-refractivity contribution in [3.63, 3.8) is 0 Å². The highest BCUT2D eigenvalue weighted by molar-refractivity contribution is 7.12. The number of carboxylic acid groups (broad SMARTS) is 2. The van der Waals surface area contributed by atoms with Gasteiger partial charge in [-0.1, -0.05) is 0 Å². The van der Waals surface area contributed by atoms with Crippen LogP contribution in [0.3, 0.4) is 0 Å². The van der Waals surface area contributed by atoms with Crippen molar-refractivity contribution in [2.45, 2.75) is 0 Å². The summed E-state index contributed by atoms with van der Waals surface area (Å²) in [6, 6.07) is 6.07. The molecule has 0 aliphatic carbocycles. The standard InChI is InChI=1S/C13H10O5S/c1-18-10-3-7(2-8(4-10)12(14)15)9-5-11(13(16)17)19-6-9/h2-6H,1H3,(H,14,15)(H,16,17). The van der Waals surface area contributed by atoms with Gasteiger partial charge < -0.3 is 14.9 Å². The van der Waals surface area contributed by atoms with Crippen molar-refractivity contribution in [1.29, 1.82) is 0 Å². The van der Waals surface area contributed by atoms with Crippen molar-refractivity contribution in [1.82, 2.24) is 0 Å². The molecule has 0 aliphatic rings. The zero-order valence-electron chi connectivity index (χ0n) is 9.91. The topological polar surface area (TPSA) is 83.8 Å². The lowest BCUT2D eigenvalue weighted by atomic mass is 10.0. The Balaban J connectivity index is 2.50. The maximum atomic E-state index is 11.0. The van der Waals surface area contributed by atoms with E-state index in [9.17, 15) is 9.59 Å². The van der Waals surface area contributed by atoms with Crippen molar-refractivity contribution < 1.29 is 24.5 Å². The van der Waals surface area contributed by atoms with Crippen molar-refractivity contribution in [2.24, 2.45) is 0 Å². The van der Waals surface area contributed by atoms with Gasteiger partial charge in [-0.3, -0.25) is 0 Å². The first-order valence-electron chi connectivity index (χ1n) is 5.26. The van der Waals surface area contributed by atoms with Crippen LogP contribution in [0.25, 0.3) is 11.1 Å². The number of benzene rings is 1. The van der Waals surface area contributed by atoms with E-state index in [1.165, 1.54) is 25.3 Å². The summed E-state index contributed by atoms with van der Waals surface area (Å²) in [6.07, 6.45) is 0. The fourth-order valence-corrected chi connectivity index (χ4v) is 2.36. The fourth-order valence-electron chi connectivity index (χ4n) is 1.61. The van der Waals surface area contributed by atoms with Gasteiger partial charge in [0.2, 0.25) is 0 Å². The third-order valence-corrected chi connectivity index (χ3v) is 3.45. The first-order valence-corrected chi connectivity index (χ1v) is 6.14. The molecule has 2 aromatic rings. The maximum absolute atomic E-state index is 11.0. The lowest BCUT2D eigenvalue weighted by Gasteiger charge is -2.05. The number of rotatable bonds is 4.